The van der Waals surface area contributed by atoms with Crippen LogP contribution in [-0.2, 0) is 45.3 Å². The first-order valence-corrected chi connectivity index (χ1v) is 29.4. The van der Waals surface area contributed by atoms with Crippen LogP contribution in [-0.4, -0.2) is 59.2 Å². The predicted octanol–water partition coefficient (Wildman–Crippen LogP) is 13.8. The minimum atomic E-state index is -1.84. The average Bonchev–Trinajstić information content (AvgIpc) is 4.00. The second-order valence-electron chi connectivity index (χ2n) is 18.8. The Kier molecular flexibility index (Phi) is 22.3. The van der Waals surface area contributed by atoms with Crippen molar-refractivity contribution in [1.29, 1.82) is 0 Å². The molecule has 1 aliphatic rings. The van der Waals surface area contributed by atoms with Gasteiger partial charge in [0.05, 0.1) is 31.3 Å². The van der Waals surface area contributed by atoms with Crippen LogP contribution in [0.15, 0.2) is 194 Å². The van der Waals surface area contributed by atoms with E-state index in [9.17, 15) is 19.5 Å². The Morgan fingerprint density at radius 1 is 0.598 bits per heavy atom. The SMILES string of the molecule is CC.CNC(=O)C1(c2ccc(C)c(OC)c2)CC1.CNC(=O)c1c(C)[nH]c2ccccc12.O=C(NOCc1cc2ccccc2s1)C(O)(c1ccccc1)c1ccccc1.OCc1cc2ccccc2s1.OCc1cc2ccccc2s1. The summed E-state index contributed by atoms with van der Waals surface area (Å²) in [4.78, 5) is 48.0. The normalized spacial score (nSPS) is 11.9. The van der Waals surface area contributed by atoms with Crippen molar-refractivity contribution in [3.05, 3.63) is 242 Å². The van der Waals surface area contributed by atoms with Gasteiger partial charge in [-0.1, -0.05) is 159 Å². The van der Waals surface area contributed by atoms with Crippen LogP contribution in [0.3, 0.4) is 0 Å². The van der Waals surface area contributed by atoms with E-state index in [0.29, 0.717) is 11.1 Å². The molecule has 0 atom stereocenters. The number of carbonyl (C=O) groups excluding carboxylic acids is 3. The number of fused-ring (bicyclic) bond motifs is 4. The summed E-state index contributed by atoms with van der Waals surface area (Å²) in [5, 5.41) is 39.0. The van der Waals surface area contributed by atoms with E-state index < -0.39 is 11.5 Å². The Hall–Kier alpha value is -7.99. The van der Waals surface area contributed by atoms with Crippen molar-refractivity contribution in [3.63, 3.8) is 0 Å². The molecule has 3 amide bonds. The van der Waals surface area contributed by atoms with Gasteiger partial charge >= 0.3 is 0 Å². The Bertz CT molecular complexity index is 3610. The van der Waals surface area contributed by atoms with E-state index in [4.69, 9.17) is 19.8 Å². The van der Waals surface area contributed by atoms with Crippen LogP contribution >= 0.6 is 34.0 Å². The maximum Gasteiger partial charge on any atom is 0.284 e. The molecule has 15 heteroatoms. The molecule has 0 bridgehead atoms. The summed E-state index contributed by atoms with van der Waals surface area (Å²) in [5.74, 6) is 0.289. The number of methoxy groups -OCH3 is 1. The van der Waals surface area contributed by atoms with E-state index in [-0.39, 0.29) is 37.0 Å². The number of hydrogen-bond acceptors (Lipinski definition) is 11. The van der Waals surface area contributed by atoms with Crippen LogP contribution in [0.25, 0.3) is 41.2 Å². The molecule has 7 N–H and O–H groups in total. The number of hydrogen-bond donors (Lipinski definition) is 7. The smallest absolute Gasteiger partial charge is 0.284 e. The maximum absolute atomic E-state index is 12.9. The Labute approximate surface area is 491 Å². The van der Waals surface area contributed by atoms with Crippen molar-refractivity contribution < 1.29 is 39.3 Å². The molecular formula is C67H70N4O8S3. The summed E-state index contributed by atoms with van der Waals surface area (Å²) in [6.07, 6.45) is 1.86. The molecule has 12 nitrogen and oxygen atoms in total. The van der Waals surface area contributed by atoms with E-state index in [2.05, 4.69) is 45.4 Å². The van der Waals surface area contributed by atoms with Crippen molar-refractivity contribution in [2.75, 3.05) is 21.2 Å². The number of rotatable bonds is 12. The molecule has 82 heavy (non-hydrogen) atoms. The van der Waals surface area contributed by atoms with Crippen molar-refractivity contribution >= 4 is 92.9 Å². The lowest BCUT2D eigenvalue weighted by Gasteiger charge is -2.27. The van der Waals surface area contributed by atoms with Crippen LogP contribution < -0.4 is 20.9 Å². The first-order valence-electron chi connectivity index (χ1n) is 26.9. The molecule has 1 aliphatic carbocycles. The van der Waals surface area contributed by atoms with Gasteiger partial charge in [-0.2, -0.15) is 0 Å². The molecule has 4 heterocycles. The van der Waals surface area contributed by atoms with Gasteiger partial charge in [-0.05, 0) is 114 Å². The third-order valence-corrected chi connectivity index (χ3v) is 16.8. The lowest BCUT2D eigenvalue weighted by Crippen LogP contribution is -2.45. The van der Waals surface area contributed by atoms with Gasteiger partial charge in [0.25, 0.3) is 11.8 Å². The number of carbonyl (C=O) groups is 3. The molecule has 4 aromatic heterocycles. The molecule has 11 aromatic rings. The first-order chi connectivity index (χ1) is 39.8. The van der Waals surface area contributed by atoms with Gasteiger partial charge in [-0.25, -0.2) is 5.48 Å². The van der Waals surface area contributed by atoms with Gasteiger partial charge in [0.15, 0.2) is 5.60 Å². The number of H-pyrrole nitrogens is 1. The van der Waals surface area contributed by atoms with Gasteiger partial charge < -0.3 is 35.7 Å². The number of likely N-dealkylation sites (N-methyl/N-ethyl adjacent to an activating group) is 1. The summed E-state index contributed by atoms with van der Waals surface area (Å²) < 4.78 is 8.95. The molecule has 1 saturated carbocycles. The maximum atomic E-state index is 12.9. The van der Waals surface area contributed by atoms with Gasteiger partial charge in [0.2, 0.25) is 5.91 Å². The van der Waals surface area contributed by atoms with Gasteiger partial charge in [-0.3, -0.25) is 19.2 Å². The number of amides is 3. The number of aliphatic hydroxyl groups excluding tert-OH is 2. The zero-order chi connectivity index (χ0) is 58.7. The zero-order valence-electron chi connectivity index (χ0n) is 47.1. The predicted molar refractivity (Wildman–Crippen MR) is 337 cm³/mol. The van der Waals surface area contributed by atoms with Crippen molar-refractivity contribution in [3.8, 4) is 5.75 Å². The number of aromatic amines is 1. The zero-order valence-corrected chi connectivity index (χ0v) is 49.6. The summed E-state index contributed by atoms with van der Waals surface area (Å²) in [6.45, 7) is 8.44. The van der Waals surface area contributed by atoms with Crippen molar-refractivity contribution in [2.45, 2.75) is 71.4 Å². The molecule has 1 fully saturated rings. The summed E-state index contributed by atoms with van der Waals surface area (Å²) >= 11 is 4.90. The number of nitrogens with one attached hydrogen (secondary N) is 4. The van der Waals surface area contributed by atoms with Crippen LogP contribution in [0, 0.1) is 13.8 Å². The fourth-order valence-electron chi connectivity index (χ4n) is 9.19. The highest BCUT2D eigenvalue weighted by atomic mass is 32.1. The lowest BCUT2D eigenvalue weighted by molar-refractivity contribution is -0.151. The van der Waals surface area contributed by atoms with Gasteiger partial charge in [0, 0.05) is 59.4 Å². The van der Waals surface area contributed by atoms with Crippen LogP contribution in [0.4, 0.5) is 0 Å². The minimum absolute atomic E-state index is 0.0417. The summed E-state index contributed by atoms with van der Waals surface area (Å²) in [7, 11) is 4.99. The number of aryl methyl sites for hydroxylation is 2. The highest BCUT2D eigenvalue weighted by Crippen LogP contribution is 2.49. The molecule has 0 aliphatic heterocycles. The number of hydroxylamine groups is 1. The molecular weight excluding hydrogens is 1080 g/mol. The van der Waals surface area contributed by atoms with E-state index in [1.54, 1.807) is 104 Å². The van der Waals surface area contributed by atoms with E-state index in [1.165, 1.54) is 20.2 Å². The second kappa shape index (κ2) is 29.6. The first kappa shape index (κ1) is 61.6. The van der Waals surface area contributed by atoms with Crippen LogP contribution in [0.2, 0.25) is 0 Å². The quantitative estimate of drug-likeness (QED) is 0.0590. The van der Waals surface area contributed by atoms with E-state index in [0.717, 1.165) is 76.6 Å². The number of aromatic nitrogens is 1. The fraction of sp³-hybridized carbons (Fsp3) is 0.209. The minimum Gasteiger partial charge on any atom is -0.496 e. The lowest BCUT2D eigenvalue weighted by atomic mass is 9.86. The molecule has 0 unspecified atom stereocenters. The van der Waals surface area contributed by atoms with Crippen molar-refractivity contribution in [2.24, 2.45) is 0 Å². The van der Waals surface area contributed by atoms with E-state index >= 15 is 0 Å². The van der Waals surface area contributed by atoms with Gasteiger partial charge in [-0.15, -0.1) is 34.0 Å². The largest absolute Gasteiger partial charge is 0.496 e. The number of para-hydroxylation sites is 1. The Morgan fingerprint density at radius 2 is 1.06 bits per heavy atom. The highest BCUT2D eigenvalue weighted by Gasteiger charge is 2.51. The molecule has 12 rings (SSSR count). The third-order valence-electron chi connectivity index (χ3n) is 13.6. The molecule has 0 radical (unpaired) electrons. The molecule has 7 aromatic carbocycles. The second-order valence-corrected chi connectivity index (χ2v) is 22.3. The number of thiophene rings is 3. The average molecular weight is 1160 g/mol. The van der Waals surface area contributed by atoms with Gasteiger partial charge in [0.1, 0.15) is 12.4 Å². The highest BCUT2D eigenvalue weighted by molar-refractivity contribution is 7.19. The molecule has 0 spiro atoms. The van der Waals surface area contributed by atoms with Crippen molar-refractivity contribution in [1.82, 2.24) is 21.1 Å². The number of aliphatic hydroxyl groups is 3. The molecule has 0 saturated heterocycles. The monoisotopic (exact) mass is 1150 g/mol. The summed E-state index contributed by atoms with van der Waals surface area (Å²) in [6, 6.07) is 62.0. The number of benzene rings is 7. The van der Waals surface area contributed by atoms with E-state index in [1.807, 2.05) is 149 Å². The topological polar surface area (TPSA) is 182 Å². The Morgan fingerprint density at radius 3 is 1.52 bits per heavy atom. The van der Waals surface area contributed by atoms with Crippen LogP contribution in [0.5, 0.6) is 5.75 Å². The number of ether oxygens (including phenoxy) is 1. The Balaban J connectivity index is 0.000000154. The standard InChI is InChI=1S/C23H19NO3S.C13H17NO2.C11H12N2O.2C9H8OS.C2H6/c25-22(24-27-16-20-15-17-9-7-8-14-21(17)28-20)23(26,18-10-3-1-4-11-18)19-12-5-2-6-13-19;1-9-4-5-10(8-11(9)16-3)13(6-7-13)12(15)14-2;1-7-10(11(14)12-2)8-5-3-4-6-9(8)13-7;2*10-6-8-5-7-3-1-2-4-9(7)11-8;1-2/h1-15,26H,16H2,(H,24,25);4-5,8H,6-7H2,1-3H3,(H,14,15);3-6,13H,1-2H3,(H,12,14);2*1-5,10H,6H2;1-2H3. The summed E-state index contributed by atoms with van der Waals surface area (Å²) in [5.41, 5.74) is 6.05. The molecule has 424 valence electrons. The fourth-order valence-corrected chi connectivity index (χ4v) is 12.0. The van der Waals surface area contributed by atoms with Crippen LogP contribution in [0.1, 0.15) is 79.6 Å². The third kappa shape index (κ3) is 14.9.